The highest BCUT2D eigenvalue weighted by Crippen LogP contribution is 2.19. The molecule has 0 saturated carbocycles. The molecule has 2 rings (SSSR count). The van der Waals surface area contributed by atoms with Crippen LogP contribution in [-0.4, -0.2) is 0 Å². The van der Waals surface area contributed by atoms with Gasteiger partial charge in [0.15, 0.2) is 0 Å². The van der Waals surface area contributed by atoms with Crippen LogP contribution < -0.4 is 9.57 Å². The normalized spacial score (nSPS) is 9.71. The van der Waals surface area contributed by atoms with E-state index in [2.05, 4.69) is 4.84 Å². The van der Waals surface area contributed by atoms with Gasteiger partial charge in [0.05, 0.1) is 12.5 Å². The molecule has 0 atom stereocenters. The Hall–Kier alpha value is -1.16. The quantitative estimate of drug-likeness (QED) is 0.847. The second-order valence-electron chi connectivity index (χ2n) is 3.34. The molecule has 0 bridgehead atoms. The molecule has 1 aromatic heterocycles. The van der Waals surface area contributed by atoms with Gasteiger partial charge in [-0.15, -0.1) is 12.4 Å². The summed E-state index contributed by atoms with van der Waals surface area (Å²) >= 11 is 5.49. The number of furan rings is 1. The zero-order valence-electron chi connectivity index (χ0n) is 9.06. The molecule has 0 aliphatic carbocycles. The second kappa shape index (κ2) is 7.22. The molecule has 5 heteroatoms. The maximum absolute atomic E-state index is 5.68. The lowest BCUT2D eigenvalue weighted by molar-refractivity contribution is 0.301. The van der Waals surface area contributed by atoms with Crippen LogP contribution in [0.4, 0.5) is 0 Å². The van der Waals surface area contributed by atoms with Crippen LogP contribution in [0.25, 0.3) is 0 Å². The van der Waals surface area contributed by atoms with Gasteiger partial charge >= 0.3 is 0 Å². The molecule has 92 valence electrons. The summed E-state index contributed by atoms with van der Waals surface area (Å²) in [5.74, 6) is 0.830. The molecule has 0 unspecified atom stereocenters. The molecule has 0 fully saturated rings. The fourth-order valence-corrected chi connectivity index (χ4v) is 1.54. The Kier molecular flexibility index (Phi) is 5.91. The smallest absolute Gasteiger partial charge is 0.124 e. The van der Waals surface area contributed by atoms with Crippen molar-refractivity contribution in [2.45, 2.75) is 13.2 Å². The van der Waals surface area contributed by atoms with E-state index in [1.54, 1.807) is 12.5 Å². The summed E-state index contributed by atoms with van der Waals surface area (Å²) < 4.78 is 10.6. The monoisotopic (exact) mass is 273 g/mol. The summed E-state index contributed by atoms with van der Waals surface area (Å²) in [5, 5.41) is 0. The van der Waals surface area contributed by atoms with Gasteiger partial charge in [-0.1, -0.05) is 18.2 Å². The third-order valence-electron chi connectivity index (χ3n) is 2.20. The van der Waals surface area contributed by atoms with Gasteiger partial charge in [-0.3, -0.25) is 0 Å². The molecule has 1 aromatic carbocycles. The van der Waals surface area contributed by atoms with Crippen LogP contribution in [0, 0.1) is 0 Å². The summed E-state index contributed by atoms with van der Waals surface area (Å²) in [7, 11) is 0. The molecule has 0 saturated heterocycles. The number of benzene rings is 1. The van der Waals surface area contributed by atoms with Crippen molar-refractivity contribution >= 4 is 24.2 Å². The molecule has 17 heavy (non-hydrogen) atoms. The van der Waals surface area contributed by atoms with E-state index in [1.165, 1.54) is 0 Å². The zero-order valence-corrected chi connectivity index (χ0v) is 10.6. The number of hydrogen-bond acceptors (Lipinski definition) is 3. The maximum Gasteiger partial charge on any atom is 0.124 e. The van der Waals surface area contributed by atoms with Crippen LogP contribution in [0.15, 0.2) is 47.3 Å². The van der Waals surface area contributed by atoms with Crippen LogP contribution >= 0.6 is 24.2 Å². The first kappa shape index (κ1) is 13.9. The first-order chi connectivity index (χ1) is 7.90. The van der Waals surface area contributed by atoms with Crippen molar-refractivity contribution < 1.29 is 9.15 Å². The third-order valence-corrected chi connectivity index (χ3v) is 2.34. The summed E-state index contributed by atoms with van der Waals surface area (Å²) in [4.78, 5) is 2.59. The highest BCUT2D eigenvalue weighted by atomic mass is 35.5. The van der Waals surface area contributed by atoms with E-state index in [-0.39, 0.29) is 12.4 Å². The molecular formula is C12H13Cl2NO2. The van der Waals surface area contributed by atoms with Crippen LogP contribution in [-0.2, 0) is 13.2 Å². The zero-order chi connectivity index (χ0) is 11.2. The molecule has 1 N–H and O–H groups in total. The molecule has 0 radical (unpaired) electrons. The first-order valence-corrected chi connectivity index (χ1v) is 5.33. The van der Waals surface area contributed by atoms with Gasteiger partial charge in [-0.25, -0.2) is 4.84 Å². The predicted octanol–water partition coefficient (Wildman–Crippen LogP) is 3.52. The highest BCUT2D eigenvalue weighted by molar-refractivity contribution is 6.13. The van der Waals surface area contributed by atoms with Crippen LogP contribution in [0.1, 0.15) is 11.1 Å². The van der Waals surface area contributed by atoms with Crippen LogP contribution in [0.5, 0.6) is 5.75 Å². The SMILES string of the molecule is Cl.ClNCc1ccccc1OCc1ccoc1. The Morgan fingerprint density at radius 3 is 2.76 bits per heavy atom. The molecule has 3 nitrogen and oxygen atoms in total. The van der Waals surface area contributed by atoms with Gasteiger partial charge in [0, 0.05) is 17.7 Å². The highest BCUT2D eigenvalue weighted by Gasteiger charge is 2.02. The third kappa shape index (κ3) is 3.97. The van der Waals surface area contributed by atoms with E-state index in [0.29, 0.717) is 13.2 Å². The average molecular weight is 274 g/mol. The van der Waals surface area contributed by atoms with Crippen LogP contribution in [0.2, 0.25) is 0 Å². The molecule has 0 aliphatic heterocycles. The van der Waals surface area contributed by atoms with Gasteiger partial charge in [0.25, 0.3) is 0 Å². The Morgan fingerprint density at radius 1 is 1.24 bits per heavy atom. The van der Waals surface area contributed by atoms with Gasteiger partial charge in [-0.2, -0.15) is 0 Å². The van der Waals surface area contributed by atoms with E-state index < -0.39 is 0 Å². The Balaban J connectivity index is 0.00000144. The number of ether oxygens (including phenoxy) is 1. The fraction of sp³-hybridized carbons (Fsp3) is 0.167. The minimum Gasteiger partial charge on any atom is -0.488 e. The van der Waals surface area contributed by atoms with Crippen molar-refractivity contribution in [1.82, 2.24) is 4.84 Å². The van der Waals surface area contributed by atoms with E-state index in [1.807, 2.05) is 30.3 Å². The first-order valence-electron chi connectivity index (χ1n) is 4.95. The molecule has 0 aliphatic rings. The van der Waals surface area contributed by atoms with Gasteiger partial charge in [0.2, 0.25) is 0 Å². The van der Waals surface area contributed by atoms with Crippen molar-refractivity contribution in [3.63, 3.8) is 0 Å². The van der Waals surface area contributed by atoms with E-state index in [9.17, 15) is 0 Å². The van der Waals surface area contributed by atoms with Crippen molar-refractivity contribution in [3.05, 3.63) is 54.0 Å². The second-order valence-corrected chi connectivity index (χ2v) is 3.61. The van der Waals surface area contributed by atoms with Gasteiger partial charge in [0.1, 0.15) is 12.4 Å². The van der Waals surface area contributed by atoms with Crippen molar-refractivity contribution in [3.8, 4) is 5.75 Å². The van der Waals surface area contributed by atoms with E-state index >= 15 is 0 Å². The standard InChI is InChI=1S/C12H12ClNO2.ClH/c13-14-7-11-3-1-2-4-12(11)16-9-10-5-6-15-8-10;/h1-6,8,14H,7,9H2;1H. The van der Waals surface area contributed by atoms with Crippen molar-refractivity contribution in [2.75, 3.05) is 0 Å². The maximum atomic E-state index is 5.68. The summed E-state index contributed by atoms with van der Waals surface area (Å²) in [6.07, 6.45) is 3.30. The minimum atomic E-state index is 0. The number of nitrogens with one attached hydrogen (secondary N) is 1. The largest absolute Gasteiger partial charge is 0.488 e. The van der Waals surface area contributed by atoms with Crippen molar-refractivity contribution in [1.29, 1.82) is 0 Å². The summed E-state index contributed by atoms with van der Waals surface area (Å²) in [6, 6.07) is 9.66. The van der Waals surface area contributed by atoms with Gasteiger partial charge in [-0.05, 0) is 23.9 Å². The lowest BCUT2D eigenvalue weighted by Crippen LogP contribution is -2.02. The molecular weight excluding hydrogens is 261 g/mol. The molecule has 1 heterocycles. The number of rotatable bonds is 5. The lowest BCUT2D eigenvalue weighted by Gasteiger charge is -2.09. The van der Waals surface area contributed by atoms with E-state index in [4.69, 9.17) is 20.9 Å². The minimum absolute atomic E-state index is 0. The summed E-state index contributed by atoms with van der Waals surface area (Å²) in [6.45, 7) is 1.07. The Bertz CT molecular complexity index is 432. The summed E-state index contributed by atoms with van der Waals surface area (Å²) in [5.41, 5.74) is 2.04. The van der Waals surface area contributed by atoms with E-state index in [0.717, 1.165) is 16.9 Å². The molecule has 0 amide bonds. The Labute approximate surface area is 111 Å². The average Bonchev–Trinajstić information content (AvgIpc) is 2.81. The number of hydrogen-bond donors (Lipinski definition) is 1. The lowest BCUT2D eigenvalue weighted by atomic mass is 10.2. The predicted molar refractivity (Wildman–Crippen MR) is 69.4 cm³/mol. The fourth-order valence-electron chi connectivity index (χ4n) is 1.40. The van der Waals surface area contributed by atoms with Gasteiger partial charge < -0.3 is 9.15 Å². The molecule has 0 spiro atoms. The Morgan fingerprint density at radius 2 is 2.06 bits per heavy atom. The number of para-hydroxylation sites is 1. The van der Waals surface area contributed by atoms with Crippen LogP contribution in [0.3, 0.4) is 0 Å². The van der Waals surface area contributed by atoms with Crippen molar-refractivity contribution in [2.24, 2.45) is 0 Å². The number of halogens is 2. The molecule has 2 aromatic rings. The topological polar surface area (TPSA) is 34.4 Å².